The fraction of sp³-hybridized carbons (Fsp3) is 0.471. The number of rotatable bonds is 4. The molecule has 1 aromatic rings. The summed E-state index contributed by atoms with van der Waals surface area (Å²) >= 11 is 0. The Bertz CT molecular complexity index is 517. The van der Waals surface area contributed by atoms with Gasteiger partial charge >= 0.3 is 5.97 Å². The van der Waals surface area contributed by atoms with Crippen molar-refractivity contribution in [2.45, 2.75) is 0 Å². The van der Waals surface area contributed by atoms with Crippen LogP contribution in [0.25, 0.3) is 6.08 Å². The highest BCUT2D eigenvalue weighted by molar-refractivity contribution is 5.93. The van der Waals surface area contributed by atoms with Gasteiger partial charge in [0.05, 0.1) is 32.3 Å². The Morgan fingerprint density at radius 2 is 1.81 bits per heavy atom. The zero-order valence-corrected chi connectivity index (χ0v) is 12.6. The summed E-state index contributed by atoms with van der Waals surface area (Å²) in [6.07, 6.45) is 1.99. The Labute approximate surface area is 126 Å². The van der Waals surface area contributed by atoms with Gasteiger partial charge in [-0.15, -0.1) is 0 Å². The van der Waals surface area contributed by atoms with Gasteiger partial charge in [0.1, 0.15) is 6.54 Å². The number of fused-ring (bicyclic) bond motifs is 3. The smallest absolute Gasteiger partial charge is 0.339 e. The molecule has 0 unspecified atom stereocenters. The third-order valence-electron chi connectivity index (χ3n) is 4.77. The number of nitrogens with zero attached hydrogens (tertiary/aromatic N) is 2. The molecule has 0 spiro atoms. The van der Waals surface area contributed by atoms with E-state index >= 15 is 0 Å². The normalized spacial score (nSPS) is 28.4. The number of quaternary nitrogens is 1. The van der Waals surface area contributed by atoms with Crippen molar-refractivity contribution < 1.29 is 14.0 Å². The zero-order chi connectivity index (χ0) is 14.7. The number of carbonyl (C=O) groups excluding carboxylic acids is 1. The van der Waals surface area contributed by atoms with Crippen molar-refractivity contribution in [3.8, 4) is 0 Å². The molecule has 1 aromatic carbocycles. The monoisotopic (exact) mass is 287 g/mol. The average Bonchev–Trinajstić information content (AvgIpc) is 2.56. The molecule has 3 heterocycles. The van der Waals surface area contributed by atoms with Gasteiger partial charge in [0.2, 0.25) is 0 Å². The molecule has 2 bridgehead atoms. The molecule has 0 N–H and O–H groups in total. The summed E-state index contributed by atoms with van der Waals surface area (Å²) in [4.78, 5) is 14.7. The Balaban J connectivity index is 1.83. The topological polar surface area (TPSA) is 29.5 Å². The molecule has 0 amide bonds. The molecular weight excluding hydrogens is 264 g/mol. The van der Waals surface area contributed by atoms with Crippen molar-refractivity contribution in [2.24, 2.45) is 0 Å². The van der Waals surface area contributed by atoms with E-state index in [9.17, 15) is 4.79 Å². The number of esters is 1. The SMILES string of the molecule is COC(=O)/C(=C/c1ccccc1)C[N+]12CCN(CC1)CC2. The molecule has 112 valence electrons. The molecule has 4 heteroatoms. The number of hydrogen-bond acceptors (Lipinski definition) is 3. The molecule has 0 aliphatic carbocycles. The molecule has 0 aromatic heterocycles. The van der Waals surface area contributed by atoms with Crippen LogP contribution in [0.1, 0.15) is 5.56 Å². The maximum atomic E-state index is 12.2. The first kappa shape index (κ1) is 14.3. The Hall–Kier alpha value is -1.65. The summed E-state index contributed by atoms with van der Waals surface area (Å²) in [5, 5.41) is 0. The van der Waals surface area contributed by atoms with Crippen LogP contribution in [0.4, 0.5) is 0 Å². The highest BCUT2D eigenvalue weighted by Gasteiger charge is 2.39. The molecule has 3 fully saturated rings. The number of hydrogen-bond donors (Lipinski definition) is 0. The van der Waals surface area contributed by atoms with E-state index in [4.69, 9.17) is 4.74 Å². The molecular formula is C17H23N2O2+. The van der Waals surface area contributed by atoms with Crippen LogP contribution in [0.5, 0.6) is 0 Å². The van der Waals surface area contributed by atoms with Gasteiger partial charge in [0.25, 0.3) is 0 Å². The summed E-state index contributed by atoms with van der Waals surface area (Å²) in [7, 11) is 1.47. The lowest BCUT2D eigenvalue weighted by atomic mass is 10.1. The molecule has 21 heavy (non-hydrogen) atoms. The van der Waals surface area contributed by atoms with Gasteiger partial charge in [-0.2, -0.15) is 0 Å². The first-order valence-electron chi connectivity index (χ1n) is 7.62. The van der Waals surface area contributed by atoms with E-state index in [1.54, 1.807) is 0 Å². The first-order valence-corrected chi connectivity index (χ1v) is 7.62. The van der Waals surface area contributed by atoms with Crippen LogP contribution in [0.3, 0.4) is 0 Å². The van der Waals surface area contributed by atoms with Crippen LogP contribution in [0, 0.1) is 0 Å². The number of ether oxygens (including phenoxy) is 1. The van der Waals surface area contributed by atoms with E-state index in [2.05, 4.69) is 4.90 Å². The van der Waals surface area contributed by atoms with Crippen molar-refractivity contribution in [1.29, 1.82) is 0 Å². The summed E-state index contributed by atoms with van der Waals surface area (Å²) in [6.45, 7) is 7.67. The Morgan fingerprint density at radius 3 is 2.38 bits per heavy atom. The van der Waals surface area contributed by atoms with Gasteiger partial charge in [-0.25, -0.2) is 4.79 Å². The van der Waals surface area contributed by atoms with Crippen LogP contribution in [-0.2, 0) is 9.53 Å². The second kappa shape index (κ2) is 6.00. The van der Waals surface area contributed by atoms with Gasteiger partial charge in [-0.05, 0) is 11.6 Å². The second-order valence-electron chi connectivity index (χ2n) is 6.08. The zero-order valence-electron chi connectivity index (χ0n) is 12.6. The molecule has 0 saturated carbocycles. The van der Waals surface area contributed by atoms with Crippen molar-refractivity contribution in [3.05, 3.63) is 41.5 Å². The van der Waals surface area contributed by atoms with Crippen molar-refractivity contribution >= 4 is 12.0 Å². The van der Waals surface area contributed by atoms with Gasteiger partial charge in [-0.3, -0.25) is 4.90 Å². The highest BCUT2D eigenvalue weighted by Crippen LogP contribution is 2.23. The minimum atomic E-state index is -0.195. The quantitative estimate of drug-likeness (QED) is 0.476. The summed E-state index contributed by atoms with van der Waals surface area (Å²) in [5.41, 5.74) is 1.85. The lowest BCUT2D eigenvalue weighted by molar-refractivity contribution is -0.936. The Kier molecular flexibility index (Phi) is 4.08. The largest absolute Gasteiger partial charge is 0.465 e. The van der Waals surface area contributed by atoms with E-state index in [1.807, 2.05) is 36.4 Å². The minimum absolute atomic E-state index is 0.195. The van der Waals surface area contributed by atoms with E-state index < -0.39 is 0 Å². The number of piperazine rings is 3. The van der Waals surface area contributed by atoms with Crippen molar-refractivity contribution in [2.75, 3.05) is 52.9 Å². The number of benzene rings is 1. The molecule has 3 aliphatic rings. The Morgan fingerprint density at radius 1 is 1.19 bits per heavy atom. The fourth-order valence-electron chi connectivity index (χ4n) is 3.38. The minimum Gasteiger partial charge on any atom is -0.465 e. The summed E-state index contributed by atoms with van der Waals surface area (Å²) < 4.78 is 6.03. The van der Waals surface area contributed by atoms with Crippen LogP contribution in [0.2, 0.25) is 0 Å². The van der Waals surface area contributed by atoms with Gasteiger partial charge in [-0.1, -0.05) is 30.3 Å². The van der Waals surface area contributed by atoms with Gasteiger partial charge in [0, 0.05) is 19.6 Å². The van der Waals surface area contributed by atoms with Crippen molar-refractivity contribution in [3.63, 3.8) is 0 Å². The summed E-state index contributed by atoms with van der Waals surface area (Å²) in [6, 6.07) is 10.0. The molecule has 0 atom stereocenters. The van der Waals surface area contributed by atoms with Crippen LogP contribution in [-0.4, -0.2) is 68.3 Å². The van der Waals surface area contributed by atoms with Crippen LogP contribution >= 0.6 is 0 Å². The van der Waals surface area contributed by atoms with Gasteiger partial charge < -0.3 is 9.22 Å². The van der Waals surface area contributed by atoms with Gasteiger partial charge in [0.15, 0.2) is 0 Å². The van der Waals surface area contributed by atoms with Crippen LogP contribution < -0.4 is 0 Å². The molecule has 3 aliphatic heterocycles. The van der Waals surface area contributed by atoms with E-state index in [-0.39, 0.29) is 5.97 Å². The maximum Gasteiger partial charge on any atom is 0.339 e. The fourth-order valence-corrected chi connectivity index (χ4v) is 3.38. The molecule has 3 saturated heterocycles. The molecule has 4 rings (SSSR count). The maximum absolute atomic E-state index is 12.2. The first-order chi connectivity index (χ1) is 10.2. The lowest BCUT2D eigenvalue weighted by Gasteiger charge is -2.50. The third kappa shape index (κ3) is 3.17. The summed E-state index contributed by atoms with van der Waals surface area (Å²) in [5.74, 6) is -0.195. The molecule has 4 nitrogen and oxygen atoms in total. The van der Waals surface area contributed by atoms with Crippen molar-refractivity contribution in [1.82, 2.24) is 4.90 Å². The predicted octanol–water partition coefficient (Wildman–Crippen LogP) is 1.39. The van der Waals surface area contributed by atoms with E-state index in [0.29, 0.717) is 0 Å². The second-order valence-corrected chi connectivity index (χ2v) is 6.08. The van der Waals surface area contributed by atoms with E-state index in [1.165, 1.54) is 7.11 Å². The lowest BCUT2D eigenvalue weighted by Crippen LogP contribution is -2.67. The highest BCUT2D eigenvalue weighted by atomic mass is 16.5. The molecule has 0 radical (unpaired) electrons. The average molecular weight is 287 g/mol. The predicted molar refractivity (Wildman–Crippen MR) is 82.6 cm³/mol. The van der Waals surface area contributed by atoms with Crippen LogP contribution in [0.15, 0.2) is 35.9 Å². The number of methoxy groups -OCH3 is 1. The van der Waals surface area contributed by atoms with E-state index in [0.717, 1.165) is 61.4 Å². The third-order valence-corrected chi connectivity index (χ3v) is 4.77. The standard InChI is InChI=1S/C17H23N2O2/c1-21-17(20)16(13-15-5-3-2-4-6-15)14-19-10-7-18(8-11-19)9-12-19/h2-6,13H,7-12,14H2,1H3/q+1/b16-13+. The number of carbonyl (C=O) groups is 1.